The van der Waals surface area contributed by atoms with E-state index in [4.69, 9.17) is 5.73 Å². The van der Waals surface area contributed by atoms with Crippen LogP contribution in [0.3, 0.4) is 0 Å². The Kier molecular flexibility index (Phi) is 2.44. The Balaban J connectivity index is 1.94. The van der Waals surface area contributed by atoms with Crippen molar-refractivity contribution >= 4 is 5.69 Å². The van der Waals surface area contributed by atoms with E-state index >= 15 is 0 Å². The molecule has 0 bridgehead atoms. The Morgan fingerprint density at radius 3 is 2.11 bits per heavy atom. The highest BCUT2D eigenvalue weighted by Gasteiger charge is 2.38. The van der Waals surface area contributed by atoms with Crippen LogP contribution < -0.4 is 5.73 Å². The summed E-state index contributed by atoms with van der Waals surface area (Å²) in [4.78, 5) is 0. The van der Waals surface area contributed by atoms with E-state index in [1.165, 1.54) is 29.5 Å². The summed E-state index contributed by atoms with van der Waals surface area (Å²) in [6.07, 6.45) is 2.65. The molecule has 0 spiro atoms. The Labute approximate surface area is 109 Å². The minimum Gasteiger partial charge on any atom is -0.398 e. The average Bonchev–Trinajstić information content (AvgIpc) is 3.12. The summed E-state index contributed by atoms with van der Waals surface area (Å²) in [5, 5.41) is 0. The molecule has 2 N–H and O–H groups in total. The van der Waals surface area contributed by atoms with Crippen molar-refractivity contribution in [2.24, 2.45) is 0 Å². The maximum atomic E-state index is 5.97. The second-order valence-electron chi connectivity index (χ2n) is 5.71. The number of benzene rings is 2. The summed E-state index contributed by atoms with van der Waals surface area (Å²) in [6.45, 7) is 4.38. The van der Waals surface area contributed by atoms with Gasteiger partial charge in [0.15, 0.2) is 0 Å². The topological polar surface area (TPSA) is 26.0 Å². The number of aryl methyl sites for hydroxylation is 1. The number of anilines is 1. The molecule has 2 aromatic rings. The van der Waals surface area contributed by atoms with Gasteiger partial charge in [0.1, 0.15) is 0 Å². The van der Waals surface area contributed by atoms with Crippen LogP contribution in [0.15, 0.2) is 42.5 Å². The van der Waals surface area contributed by atoms with Crippen molar-refractivity contribution in [3.63, 3.8) is 0 Å². The molecule has 3 rings (SSSR count). The summed E-state index contributed by atoms with van der Waals surface area (Å²) >= 11 is 0. The third-order valence-electron chi connectivity index (χ3n) is 4.19. The van der Waals surface area contributed by atoms with Crippen LogP contribution in [0.25, 0.3) is 11.1 Å². The maximum absolute atomic E-state index is 5.97. The first-order chi connectivity index (χ1) is 8.58. The molecule has 1 aliphatic carbocycles. The monoisotopic (exact) mass is 237 g/mol. The number of rotatable bonds is 2. The van der Waals surface area contributed by atoms with Crippen LogP contribution >= 0.6 is 0 Å². The molecular weight excluding hydrogens is 218 g/mol. The van der Waals surface area contributed by atoms with Crippen molar-refractivity contribution in [2.75, 3.05) is 5.73 Å². The summed E-state index contributed by atoms with van der Waals surface area (Å²) in [7, 11) is 0. The zero-order valence-corrected chi connectivity index (χ0v) is 11.0. The Morgan fingerprint density at radius 1 is 0.944 bits per heavy atom. The van der Waals surface area contributed by atoms with Crippen LogP contribution in [0.4, 0.5) is 5.69 Å². The van der Waals surface area contributed by atoms with E-state index < -0.39 is 0 Å². The van der Waals surface area contributed by atoms with Crippen molar-refractivity contribution in [3.05, 3.63) is 53.6 Å². The summed E-state index contributed by atoms with van der Waals surface area (Å²) in [6, 6.07) is 15.2. The molecule has 0 aromatic heterocycles. The van der Waals surface area contributed by atoms with Gasteiger partial charge in [0.25, 0.3) is 0 Å². The van der Waals surface area contributed by atoms with E-state index in [-0.39, 0.29) is 0 Å². The lowest BCUT2D eigenvalue weighted by Gasteiger charge is -2.10. The lowest BCUT2D eigenvalue weighted by molar-refractivity contribution is 0.788. The van der Waals surface area contributed by atoms with E-state index in [0.717, 1.165) is 11.3 Å². The molecule has 1 saturated carbocycles. The van der Waals surface area contributed by atoms with E-state index in [1.54, 1.807) is 0 Å². The van der Waals surface area contributed by atoms with E-state index in [9.17, 15) is 0 Å². The summed E-state index contributed by atoms with van der Waals surface area (Å²) < 4.78 is 0. The fourth-order valence-electron chi connectivity index (χ4n) is 2.36. The van der Waals surface area contributed by atoms with Gasteiger partial charge in [-0.25, -0.2) is 0 Å². The lowest BCUT2D eigenvalue weighted by atomic mass is 9.95. The summed E-state index contributed by atoms with van der Waals surface area (Å²) in [5.74, 6) is 0. The molecule has 1 heteroatoms. The van der Waals surface area contributed by atoms with Gasteiger partial charge in [0, 0.05) is 5.69 Å². The smallest absolute Gasteiger partial charge is 0.0349 e. The largest absolute Gasteiger partial charge is 0.398 e. The second-order valence-corrected chi connectivity index (χ2v) is 5.71. The molecule has 2 aromatic carbocycles. The van der Waals surface area contributed by atoms with E-state index in [1.807, 2.05) is 6.92 Å². The summed E-state index contributed by atoms with van der Waals surface area (Å²) in [5.41, 5.74) is 12.3. The molecular formula is C17H19N. The molecule has 0 atom stereocenters. The fraction of sp³-hybridized carbons (Fsp3) is 0.294. The van der Waals surface area contributed by atoms with Gasteiger partial charge >= 0.3 is 0 Å². The highest BCUT2D eigenvalue weighted by atomic mass is 14.6. The van der Waals surface area contributed by atoms with Crippen molar-refractivity contribution in [2.45, 2.75) is 32.1 Å². The maximum Gasteiger partial charge on any atom is 0.0349 e. The Morgan fingerprint density at radius 2 is 1.56 bits per heavy atom. The minimum atomic E-state index is 0.449. The van der Waals surface area contributed by atoms with Crippen molar-refractivity contribution in [1.29, 1.82) is 0 Å². The Bertz CT molecular complexity index is 577. The number of hydrogen-bond donors (Lipinski definition) is 1. The van der Waals surface area contributed by atoms with Crippen molar-refractivity contribution < 1.29 is 0 Å². The second kappa shape index (κ2) is 3.88. The molecule has 1 nitrogen and oxygen atoms in total. The number of hydrogen-bond acceptors (Lipinski definition) is 1. The van der Waals surface area contributed by atoms with Gasteiger partial charge < -0.3 is 5.73 Å². The van der Waals surface area contributed by atoms with E-state index in [2.05, 4.69) is 49.4 Å². The highest BCUT2D eigenvalue weighted by Crippen LogP contribution is 2.47. The van der Waals surface area contributed by atoms with Crippen LogP contribution in [0.2, 0.25) is 0 Å². The van der Waals surface area contributed by atoms with Gasteiger partial charge in [-0.15, -0.1) is 0 Å². The first kappa shape index (κ1) is 11.3. The SMILES string of the molecule is Cc1ccc(-c2ccc(C3(C)CC3)cc2)cc1N. The molecule has 18 heavy (non-hydrogen) atoms. The zero-order valence-electron chi connectivity index (χ0n) is 11.0. The van der Waals surface area contributed by atoms with Gasteiger partial charge in [-0.05, 0) is 53.5 Å². The van der Waals surface area contributed by atoms with Gasteiger partial charge in [0.2, 0.25) is 0 Å². The number of nitrogens with two attached hydrogens (primary N) is 1. The van der Waals surface area contributed by atoms with Gasteiger partial charge in [-0.3, -0.25) is 0 Å². The fourth-order valence-corrected chi connectivity index (χ4v) is 2.36. The molecule has 1 fully saturated rings. The van der Waals surface area contributed by atoms with Crippen molar-refractivity contribution in [1.82, 2.24) is 0 Å². The first-order valence-corrected chi connectivity index (χ1v) is 6.56. The first-order valence-electron chi connectivity index (χ1n) is 6.56. The van der Waals surface area contributed by atoms with Crippen LogP contribution in [0.1, 0.15) is 30.9 Å². The standard InChI is InChI=1S/C17H19N/c1-12-3-4-14(11-16(12)18)13-5-7-15(8-6-13)17(2)9-10-17/h3-8,11H,9-10,18H2,1-2H3. The van der Waals surface area contributed by atoms with E-state index in [0.29, 0.717) is 5.41 Å². The normalized spacial score (nSPS) is 16.6. The molecule has 1 aliphatic rings. The lowest BCUT2D eigenvalue weighted by Crippen LogP contribution is -1.98. The third-order valence-corrected chi connectivity index (χ3v) is 4.19. The highest BCUT2D eigenvalue weighted by molar-refractivity contribution is 5.69. The quantitative estimate of drug-likeness (QED) is 0.774. The molecule has 0 saturated heterocycles. The molecule has 0 radical (unpaired) electrons. The number of nitrogen functional groups attached to an aromatic ring is 1. The molecule has 0 heterocycles. The zero-order chi connectivity index (χ0) is 12.8. The minimum absolute atomic E-state index is 0.449. The average molecular weight is 237 g/mol. The third kappa shape index (κ3) is 1.90. The molecule has 0 amide bonds. The van der Waals surface area contributed by atoms with Crippen LogP contribution in [-0.2, 0) is 5.41 Å². The van der Waals surface area contributed by atoms with Crippen LogP contribution in [-0.4, -0.2) is 0 Å². The van der Waals surface area contributed by atoms with Gasteiger partial charge in [0.05, 0.1) is 0 Å². The van der Waals surface area contributed by atoms with Gasteiger partial charge in [-0.2, -0.15) is 0 Å². The molecule has 92 valence electrons. The predicted octanol–water partition coefficient (Wildman–Crippen LogP) is 4.30. The van der Waals surface area contributed by atoms with Crippen LogP contribution in [0, 0.1) is 6.92 Å². The molecule has 0 aliphatic heterocycles. The van der Waals surface area contributed by atoms with Gasteiger partial charge in [-0.1, -0.05) is 43.3 Å². The predicted molar refractivity (Wildman–Crippen MR) is 77.6 cm³/mol. The van der Waals surface area contributed by atoms with Crippen LogP contribution in [0.5, 0.6) is 0 Å². The van der Waals surface area contributed by atoms with Crippen molar-refractivity contribution in [3.8, 4) is 11.1 Å². The molecule has 0 unspecified atom stereocenters. The Hall–Kier alpha value is -1.76.